The van der Waals surface area contributed by atoms with Crippen molar-refractivity contribution in [1.82, 2.24) is 9.80 Å². The second-order valence-electron chi connectivity index (χ2n) is 5.37. The van der Waals surface area contributed by atoms with E-state index in [2.05, 4.69) is 13.8 Å². The summed E-state index contributed by atoms with van der Waals surface area (Å²) in [5, 5.41) is 0. The maximum Gasteiger partial charge on any atom is 0.319 e. The van der Waals surface area contributed by atoms with Gasteiger partial charge in [-0.1, -0.05) is 33.6 Å². The summed E-state index contributed by atoms with van der Waals surface area (Å²) < 4.78 is 4.69. The van der Waals surface area contributed by atoms with Crippen LogP contribution in [-0.2, 0) is 14.3 Å². The van der Waals surface area contributed by atoms with Gasteiger partial charge < -0.3 is 9.64 Å². The highest BCUT2D eigenvalue weighted by molar-refractivity contribution is 5.79. The molecule has 0 aliphatic heterocycles. The highest BCUT2D eigenvalue weighted by Crippen LogP contribution is 2.02. The Morgan fingerprint density at radius 2 is 1.43 bits per heavy atom. The lowest BCUT2D eigenvalue weighted by Gasteiger charge is -2.26. The lowest BCUT2D eigenvalue weighted by Crippen LogP contribution is -2.43. The zero-order chi connectivity index (χ0) is 16.1. The molecule has 0 radical (unpaired) electrons. The Labute approximate surface area is 129 Å². The van der Waals surface area contributed by atoms with Gasteiger partial charge in [0.2, 0.25) is 5.91 Å². The van der Waals surface area contributed by atoms with Crippen molar-refractivity contribution in [3.63, 3.8) is 0 Å². The summed E-state index contributed by atoms with van der Waals surface area (Å²) in [5.41, 5.74) is 0. The van der Waals surface area contributed by atoms with E-state index in [4.69, 9.17) is 4.74 Å². The van der Waals surface area contributed by atoms with E-state index >= 15 is 0 Å². The molecule has 0 heterocycles. The van der Waals surface area contributed by atoms with Crippen LogP contribution in [0, 0.1) is 0 Å². The third kappa shape index (κ3) is 9.45. The Morgan fingerprint density at radius 1 is 0.857 bits per heavy atom. The summed E-state index contributed by atoms with van der Waals surface area (Å²) in [6, 6.07) is 0. The van der Waals surface area contributed by atoms with Gasteiger partial charge in [0.1, 0.15) is 0 Å². The van der Waals surface area contributed by atoms with E-state index in [1.807, 2.05) is 16.7 Å². The van der Waals surface area contributed by atoms with Gasteiger partial charge >= 0.3 is 5.97 Å². The van der Waals surface area contributed by atoms with Crippen LogP contribution in [0.3, 0.4) is 0 Å². The van der Waals surface area contributed by atoms with Gasteiger partial charge in [-0.25, -0.2) is 0 Å². The Balaban J connectivity index is 4.52. The van der Waals surface area contributed by atoms with Crippen LogP contribution in [-0.4, -0.2) is 61.5 Å². The zero-order valence-electron chi connectivity index (χ0n) is 14.2. The first-order chi connectivity index (χ1) is 10.1. The molecule has 0 aliphatic rings. The van der Waals surface area contributed by atoms with Gasteiger partial charge in [0.15, 0.2) is 0 Å². The molecule has 21 heavy (non-hydrogen) atoms. The van der Waals surface area contributed by atoms with Gasteiger partial charge in [-0.15, -0.1) is 0 Å². The molecule has 0 aliphatic carbocycles. The van der Waals surface area contributed by atoms with Crippen molar-refractivity contribution in [3.8, 4) is 0 Å². The summed E-state index contributed by atoms with van der Waals surface area (Å²) in [6.07, 6.45) is 5.13. The van der Waals surface area contributed by atoms with Crippen molar-refractivity contribution < 1.29 is 14.3 Å². The van der Waals surface area contributed by atoms with E-state index in [1.165, 1.54) is 7.11 Å². The lowest BCUT2D eigenvalue weighted by molar-refractivity contribution is -0.143. The number of esters is 1. The molecule has 124 valence electrons. The fraction of sp³-hybridized carbons (Fsp3) is 0.875. The molecule has 0 rings (SSSR count). The van der Waals surface area contributed by atoms with Crippen LogP contribution < -0.4 is 0 Å². The van der Waals surface area contributed by atoms with Gasteiger partial charge in [-0.3, -0.25) is 14.5 Å². The number of rotatable bonds is 12. The minimum absolute atomic E-state index is 0.120. The molecule has 0 bridgehead atoms. The molecule has 0 fully saturated rings. The average Bonchev–Trinajstić information content (AvgIpc) is 2.47. The highest BCUT2D eigenvalue weighted by atomic mass is 16.5. The summed E-state index contributed by atoms with van der Waals surface area (Å²) >= 11 is 0. The van der Waals surface area contributed by atoms with Gasteiger partial charge in [-0.05, 0) is 25.8 Å². The number of hydrogen-bond donors (Lipinski definition) is 0. The molecule has 0 spiro atoms. The molecule has 0 saturated carbocycles. The van der Waals surface area contributed by atoms with Crippen molar-refractivity contribution in [2.75, 3.05) is 39.8 Å². The third-order valence-corrected chi connectivity index (χ3v) is 3.39. The zero-order valence-corrected chi connectivity index (χ0v) is 14.2. The summed E-state index contributed by atoms with van der Waals surface area (Å²) in [4.78, 5) is 27.7. The highest BCUT2D eigenvalue weighted by Gasteiger charge is 2.18. The van der Waals surface area contributed by atoms with Crippen LogP contribution in [0.15, 0.2) is 0 Å². The number of methoxy groups -OCH3 is 1. The fourth-order valence-corrected chi connectivity index (χ4v) is 2.13. The summed E-state index contributed by atoms with van der Waals surface area (Å²) in [6.45, 7) is 9.14. The van der Waals surface area contributed by atoms with Gasteiger partial charge in [0.05, 0.1) is 20.2 Å². The average molecular weight is 300 g/mol. The van der Waals surface area contributed by atoms with E-state index in [9.17, 15) is 9.59 Å². The lowest BCUT2D eigenvalue weighted by atomic mass is 10.2. The second kappa shape index (κ2) is 12.6. The molecule has 0 aromatic heterocycles. The first-order valence-corrected chi connectivity index (χ1v) is 8.15. The molecule has 5 heteroatoms. The number of unbranched alkanes of at least 4 members (excludes halogenated alkanes) is 2. The topological polar surface area (TPSA) is 49.9 Å². The molecule has 0 aromatic carbocycles. The standard InChI is InChI=1S/C16H32N2O3/c1-5-8-11-18(12-9-6-2)15(19)13-17(10-7-3)14-16(20)21-4/h5-14H2,1-4H3. The Morgan fingerprint density at radius 3 is 1.86 bits per heavy atom. The number of ether oxygens (including phenoxy) is 1. The number of carbonyl (C=O) groups excluding carboxylic acids is 2. The fourth-order valence-electron chi connectivity index (χ4n) is 2.13. The first-order valence-electron chi connectivity index (χ1n) is 8.15. The van der Waals surface area contributed by atoms with Crippen molar-refractivity contribution in [1.29, 1.82) is 0 Å². The number of carbonyl (C=O) groups is 2. The van der Waals surface area contributed by atoms with Crippen LogP contribution in [0.1, 0.15) is 52.9 Å². The largest absolute Gasteiger partial charge is 0.468 e. The van der Waals surface area contributed by atoms with Crippen LogP contribution in [0.4, 0.5) is 0 Å². The normalized spacial score (nSPS) is 10.7. The van der Waals surface area contributed by atoms with E-state index in [-0.39, 0.29) is 18.4 Å². The molecule has 0 N–H and O–H groups in total. The first kappa shape index (κ1) is 19.9. The summed E-state index contributed by atoms with van der Waals surface area (Å²) in [7, 11) is 1.38. The maximum absolute atomic E-state index is 12.4. The third-order valence-electron chi connectivity index (χ3n) is 3.39. The van der Waals surface area contributed by atoms with Crippen LogP contribution in [0.2, 0.25) is 0 Å². The quantitative estimate of drug-likeness (QED) is 0.519. The Bertz CT molecular complexity index is 287. The van der Waals surface area contributed by atoms with E-state index in [1.54, 1.807) is 0 Å². The van der Waals surface area contributed by atoms with E-state index in [0.717, 1.165) is 51.7 Å². The molecule has 0 atom stereocenters. The molecular weight excluding hydrogens is 268 g/mol. The predicted molar refractivity (Wildman–Crippen MR) is 85.1 cm³/mol. The van der Waals surface area contributed by atoms with Gasteiger partial charge in [0.25, 0.3) is 0 Å². The molecule has 0 unspecified atom stereocenters. The Hall–Kier alpha value is -1.10. The van der Waals surface area contributed by atoms with E-state index in [0.29, 0.717) is 6.54 Å². The molecule has 0 aromatic rings. The van der Waals surface area contributed by atoms with E-state index < -0.39 is 0 Å². The monoisotopic (exact) mass is 300 g/mol. The van der Waals surface area contributed by atoms with Crippen molar-refractivity contribution in [2.45, 2.75) is 52.9 Å². The minimum atomic E-state index is -0.287. The molecule has 1 amide bonds. The molecule has 0 saturated heterocycles. The van der Waals surface area contributed by atoms with Crippen molar-refractivity contribution >= 4 is 11.9 Å². The van der Waals surface area contributed by atoms with Crippen LogP contribution >= 0.6 is 0 Å². The maximum atomic E-state index is 12.4. The summed E-state index contributed by atoms with van der Waals surface area (Å²) in [5.74, 6) is -0.167. The van der Waals surface area contributed by atoms with Crippen LogP contribution in [0.5, 0.6) is 0 Å². The van der Waals surface area contributed by atoms with Crippen molar-refractivity contribution in [3.05, 3.63) is 0 Å². The number of nitrogens with zero attached hydrogens (tertiary/aromatic N) is 2. The predicted octanol–water partition coefficient (Wildman–Crippen LogP) is 2.30. The molecular formula is C16H32N2O3. The van der Waals surface area contributed by atoms with Crippen molar-refractivity contribution in [2.24, 2.45) is 0 Å². The smallest absolute Gasteiger partial charge is 0.319 e. The van der Waals surface area contributed by atoms with Crippen LogP contribution in [0.25, 0.3) is 0 Å². The second-order valence-corrected chi connectivity index (χ2v) is 5.37. The van der Waals surface area contributed by atoms with Gasteiger partial charge in [0, 0.05) is 13.1 Å². The molecule has 5 nitrogen and oxygen atoms in total. The Kier molecular flexibility index (Phi) is 12.0. The van der Waals surface area contributed by atoms with Gasteiger partial charge in [-0.2, -0.15) is 0 Å². The minimum Gasteiger partial charge on any atom is -0.468 e. The SMILES string of the molecule is CCCCN(CCCC)C(=O)CN(CCC)CC(=O)OC. The number of hydrogen-bond acceptors (Lipinski definition) is 4. The number of amides is 1.